The third-order valence-electron chi connectivity index (χ3n) is 4.51. The second-order valence-electron chi connectivity index (χ2n) is 7.13. The van der Waals surface area contributed by atoms with Crippen LogP contribution in [-0.2, 0) is 4.79 Å². The minimum absolute atomic E-state index is 0.00837. The fraction of sp³-hybridized carbons (Fsp3) is 0.875. The molecule has 0 bridgehead atoms. The van der Waals surface area contributed by atoms with Gasteiger partial charge in [0.25, 0.3) is 0 Å². The summed E-state index contributed by atoms with van der Waals surface area (Å²) in [5, 5.41) is 2.96. The van der Waals surface area contributed by atoms with Crippen LogP contribution >= 0.6 is 0 Å². The van der Waals surface area contributed by atoms with Gasteiger partial charge in [-0.1, -0.05) is 13.8 Å². The second-order valence-corrected chi connectivity index (χ2v) is 7.13. The summed E-state index contributed by atoms with van der Waals surface area (Å²) in [5.41, 5.74) is 5.86. The molecule has 0 aromatic carbocycles. The number of urea groups is 1. The van der Waals surface area contributed by atoms with Crippen molar-refractivity contribution in [3.63, 3.8) is 0 Å². The minimum Gasteiger partial charge on any atom is -0.341 e. The quantitative estimate of drug-likeness (QED) is 0.813. The first-order valence-electron chi connectivity index (χ1n) is 8.52. The smallest absolute Gasteiger partial charge is 0.317 e. The summed E-state index contributed by atoms with van der Waals surface area (Å²) < 4.78 is 0. The van der Waals surface area contributed by atoms with Crippen LogP contribution < -0.4 is 11.1 Å². The highest BCUT2D eigenvalue weighted by Crippen LogP contribution is 2.21. The van der Waals surface area contributed by atoms with E-state index in [1.165, 1.54) is 0 Å². The van der Waals surface area contributed by atoms with Crippen molar-refractivity contribution >= 4 is 11.9 Å². The number of hydrogen-bond donors (Lipinski definition) is 2. The molecule has 1 unspecified atom stereocenters. The Hall–Kier alpha value is -1.30. The van der Waals surface area contributed by atoms with Crippen molar-refractivity contribution in [2.45, 2.75) is 45.6 Å². The van der Waals surface area contributed by atoms with Gasteiger partial charge in [-0.15, -0.1) is 0 Å². The molecular formula is C16H30N4O2. The number of amides is 3. The summed E-state index contributed by atoms with van der Waals surface area (Å²) in [5.74, 6) is 0.927. The number of likely N-dealkylation sites (tertiary alicyclic amines) is 2. The fourth-order valence-electron chi connectivity index (χ4n) is 3.21. The Labute approximate surface area is 133 Å². The van der Waals surface area contributed by atoms with Gasteiger partial charge >= 0.3 is 6.03 Å². The lowest BCUT2D eigenvalue weighted by Crippen LogP contribution is -2.47. The topological polar surface area (TPSA) is 78.7 Å². The summed E-state index contributed by atoms with van der Waals surface area (Å²) in [6, 6.07) is 0.141. The van der Waals surface area contributed by atoms with E-state index in [9.17, 15) is 9.59 Å². The highest BCUT2D eigenvalue weighted by Gasteiger charge is 2.29. The molecule has 0 radical (unpaired) electrons. The molecule has 0 aliphatic carbocycles. The van der Waals surface area contributed by atoms with E-state index in [1.54, 1.807) is 0 Å². The van der Waals surface area contributed by atoms with Crippen LogP contribution in [0.2, 0.25) is 0 Å². The Morgan fingerprint density at radius 3 is 2.59 bits per heavy atom. The highest BCUT2D eigenvalue weighted by molar-refractivity contribution is 5.77. The zero-order valence-electron chi connectivity index (χ0n) is 13.9. The molecule has 0 spiro atoms. The van der Waals surface area contributed by atoms with Gasteiger partial charge in [-0.05, 0) is 31.1 Å². The molecule has 6 heteroatoms. The van der Waals surface area contributed by atoms with Crippen molar-refractivity contribution in [3.8, 4) is 0 Å². The molecule has 2 aliphatic heterocycles. The molecule has 22 heavy (non-hydrogen) atoms. The highest BCUT2D eigenvalue weighted by atomic mass is 16.2. The Morgan fingerprint density at radius 1 is 1.18 bits per heavy atom. The first-order chi connectivity index (χ1) is 10.5. The van der Waals surface area contributed by atoms with Gasteiger partial charge in [0.1, 0.15) is 0 Å². The van der Waals surface area contributed by atoms with Gasteiger partial charge in [0.05, 0.1) is 0 Å². The van der Waals surface area contributed by atoms with Crippen LogP contribution in [0.25, 0.3) is 0 Å². The molecule has 2 fully saturated rings. The van der Waals surface area contributed by atoms with E-state index in [1.807, 2.05) is 9.80 Å². The average Bonchev–Trinajstić information content (AvgIpc) is 2.91. The predicted octanol–water partition coefficient (Wildman–Crippen LogP) is 1.01. The molecular weight excluding hydrogens is 280 g/mol. The summed E-state index contributed by atoms with van der Waals surface area (Å²) in [4.78, 5) is 28.2. The maximum absolute atomic E-state index is 12.3. The SMILES string of the molecule is CC(C)CNC(=O)N1CCCC(CC(=O)N2CC[C@@H](N)C2)C1. The number of carbonyl (C=O) groups excluding carboxylic acids is 2. The number of rotatable bonds is 4. The lowest BCUT2D eigenvalue weighted by molar-refractivity contribution is -0.131. The molecule has 0 saturated carbocycles. The number of piperidine rings is 1. The van der Waals surface area contributed by atoms with Crippen LogP contribution in [0.15, 0.2) is 0 Å². The number of hydrogen-bond acceptors (Lipinski definition) is 3. The van der Waals surface area contributed by atoms with Crippen molar-refractivity contribution in [2.75, 3.05) is 32.7 Å². The van der Waals surface area contributed by atoms with Crippen LogP contribution in [0.4, 0.5) is 4.79 Å². The van der Waals surface area contributed by atoms with Crippen molar-refractivity contribution in [2.24, 2.45) is 17.6 Å². The van der Waals surface area contributed by atoms with Gasteiger partial charge in [0.15, 0.2) is 0 Å². The summed E-state index contributed by atoms with van der Waals surface area (Å²) in [6.07, 6.45) is 3.45. The normalized spacial score (nSPS) is 25.6. The number of nitrogens with one attached hydrogen (secondary N) is 1. The molecule has 0 aromatic heterocycles. The lowest BCUT2D eigenvalue weighted by atomic mass is 9.94. The van der Waals surface area contributed by atoms with E-state index in [4.69, 9.17) is 5.73 Å². The van der Waals surface area contributed by atoms with Crippen molar-refractivity contribution in [3.05, 3.63) is 0 Å². The molecule has 3 N–H and O–H groups in total. The van der Waals surface area contributed by atoms with Gasteiger partial charge in [0.2, 0.25) is 5.91 Å². The first-order valence-corrected chi connectivity index (χ1v) is 8.52. The predicted molar refractivity (Wildman–Crippen MR) is 86.3 cm³/mol. The van der Waals surface area contributed by atoms with E-state index in [-0.39, 0.29) is 23.9 Å². The van der Waals surface area contributed by atoms with E-state index in [0.717, 1.165) is 32.4 Å². The van der Waals surface area contributed by atoms with E-state index >= 15 is 0 Å². The van der Waals surface area contributed by atoms with E-state index < -0.39 is 0 Å². The molecule has 2 aliphatic rings. The molecule has 2 atom stereocenters. The summed E-state index contributed by atoms with van der Waals surface area (Å²) in [7, 11) is 0. The maximum Gasteiger partial charge on any atom is 0.317 e. The Bertz CT molecular complexity index is 400. The van der Waals surface area contributed by atoms with Crippen LogP contribution in [0.1, 0.15) is 39.5 Å². The molecule has 2 saturated heterocycles. The Balaban J connectivity index is 1.77. The zero-order chi connectivity index (χ0) is 16.1. The molecule has 2 heterocycles. The van der Waals surface area contributed by atoms with E-state index in [0.29, 0.717) is 32.0 Å². The average molecular weight is 310 g/mol. The molecule has 0 aromatic rings. The monoisotopic (exact) mass is 310 g/mol. The second kappa shape index (κ2) is 7.81. The fourth-order valence-corrected chi connectivity index (χ4v) is 3.21. The lowest BCUT2D eigenvalue weighted by Gasteiger charge is -2.33. The molecule has 2 rings (SSSR count). The Kier molecular flexibility index (Phi) is 6.06. The van der Waals surface area contributed by atoms with Crippen molar-refractivity contribution in [1.29, 1.82) is 0 Å². The summed E-state index contributed by atoms with van der Waals surface area (Å²) in [6.45, 7) is 7.82. The van der Waals surface area contributed by atoms with Crippen LogP contribution in [0, 0.1) is 11.8 Å². The van der Waals surface area contributed by atoms with Gasteiger partial charge < -0.3 is 20.9 Å². The van der Waals surface area contributed by atoms with Crippen molar-refractivity contribution < 1.29 is 9.59 Å². The van der Waals surface area contributed by atoms with Crippen LogP contribution in [0.5, 0.6) is 0 Å². The number of nitrogens with two attached hydrogens (primary N) is 1. The van der Waals surface area contributed by atoms with Gasteiger partial charge in [-0.3, -0.25) is 4.79 Å². The van der Waals surface area contributed by atoms with Crippen LogP contribution in [0.3, 0.4) is 0 Å². The molecule has 6 nitrogen and oxygen atoms in total. The number of carbonyl (C=O) groups is 2. The van der Waals surface area contributed by atoms with Gasteiger partial charge in [-0.2, -0.15) is 0 Å². The minimum atomic E-state index is 0.00837. The molecule has 126 valence electrons. The van der Waals surface area contributed by atoms with Gasteiger partial charge in [0, 0.05) is 45.2 Å². The van der Waals surface area contributed by atoms with Crippen molar-refractivity contribution in [1.82, 2.24) is 15.1 Å². The first kappa shape index (κ1) is 17.1. The molecule has 3 amide bonds. The zero-order valence-corrected chi connectivity index (χ0v) is 13.9. The van der Waals surface area contributed by atoms with E-state index in [2.05, 4.69) is 19.2 Å². The van der Waals surface area contributed by atoms with Gasteiger partial charge in [-0.25, -0.2) is 4.79 Å². The third kappa shape index (κ3) is 4.87. The number of nitrogens with zero attached hydrogens (tertiary/aromatic N) is 2. The Morgan fingerprint density at radius 2 is 1.95 bits per heavy atom. The summed E-state index contributed by atoms with van der Waals surface area (Å²) >= 11 is 0. The maximum atomic E-state index is 12.3. The largest absolute Gasteiger partial charge is 0.341 e. The standard InChI is InChI=1S/C16H30N4O2/c1-12(2)9-18-16(22)20-6-3-4-13(10-20)8-15(21)19-7-5-14(17)11-19/h12-14H,3-11,17H2,1-2H3,(H,18,22)/t13?,14-/m1/s1. The van der Waals surface area contributed by atoms with Crippen LogP contribution in [-0.4, -0.2) is 60.5 Å². The third-order valence-corrected chi connectivity index (χ3v) is 4.51.